The molecule has 0 saturated heterocycles. The third-order valence-electron chi connectivity index (χ3n) is 4.31. The lowest BCUT2D eigenvalue weighted by Crippen LogP contribution is -2.21. The lowest BCUT2D eigenvalue weighted by Gasteiger charge is -2.23. The summed E-state index contributed by atoms with van der Waals surface area (Å²) in [4.78, 5) is 11.9. The van der Waals surface area contributed by atoms with Gasteiger partial charge in [-0.1, -0.05) is 18.6 Å². The van der Waals surface area contributed by atoms with Crippen molar-refractivity contribution in [2.45, 2.75) is 44.8 Å². The van der Waals surface area contributed by atoms with Crippen LogP contribution in [-0.4, -0.2) is 15.9 Å². The van der Waals surface area contributed by atoms with Crippen LogP contribution < -0.4 is 15.6 Å². The number of aromatic nitrogens is 2. The third kappa shape index (κ3) is 4.17. The van der Waals surface area contributed by atoms with Gasteiger partial charge in [0.05, 0.1) is 18.0 Å². The van der Waals surface area contributed by atoms with Crippen LogP contribution in [0.15, 0.2) is 39.7 Å². The summed E-state index contributed by atoms with van der Waals surface area (Å²) in [6.07, 6.45) is 8.13. The van der Waals surface area contributed by atoms with Crippen LogP contribution in [0.4, 0.5) is 5.69 Å². The number of ether oxygens (including phenoxy) is 1. The molecule has 1 aliphatic carbocycles. The van der Waals surface area contributed by atoms with Crippen LogP contribution in [0, 0.1) is 0 Å². The summed E-state index contributed by atoms with van der Waals surface area (Å²) in [7, 11) is 1.63. The molecule has 5 nitrogen and oxygen atoms in total. The zero-order valence-corrected chi connectivity index (χ0v) is 15.4. The van der Waals surface area contributed by atoms with Crippen molar-refractivity contribution in [3.8, 4) is 5.75 Å². The van der Waals surface area contributed by atoms with Crippen LogP contribution in [0.1, 0.15) is 37.7 Å². The van der Waals surface area contributed by atoms with Crippen molar-refractivity contribution >= 4 is 21.6 Å². The summed E-state index contributed by atoms with van der Waals surface area (Å²) in [6, 6.07) is 8.12. The van der Waals surface area contributed by atoms with E-state index in [1.165, 1.54) is 23.9 Å². The Morgan fingerprint density at radius 3 is 2.92 bits per heavy atom. The molecule has 0 aliphatic heterocycles. The molecule has 1 aromatic heterocycles. The molecule has 2 aromatic rings. The van der Waals surface area contributed by atoms with Crippen LogP contribution in [0.25, 0.3) is 0 Å². The molecule has 0 radical (unpaired) electrons. The fourth-order valence-electron chi connectivity index (χ4n) is 2.94. The van der Waals surface area contributed by atoms with Gasteiger partial charge < -0.3 is 10.1 Å². The Morgan fingerprint density at radius 1 is 1.33 bits per heavy atom. The lowest BCUT2D eigenvalue weighted by atomic mass is 9.98. The molecule has 1 heterocycles. The molecule has 0 unspecified atom stereocenters. The molecule has 1 saturated carbocycles. The van der Waals surface area contributed by atoms with E-state index in [4.69, 9.17) is 4.74 Å². The summed E-state index contributed by atoms with van der Waals surface area (Å²) < 4.78 is 7.90. The first kappa shape index (κ1) is 17.0. The maximum absolute atomic E-state index is 11.9. The predicted molar refractivity (Wildman–Crippen MR) is 98.4 cm³/mol. The van der Waals surface area contributed by atoms with E-state index in [1.807, 2.05) is 18.2 Å². The van der Waals surface area contributed by atoms with Gasteiger partial charge in [0.2, 0.25) is 0 Å². The highest BCUT2D eigenvalue weighted by Crippen LogP contribution is 2.24. The predicted octanol–water partition coefficient (Wildman–Crippen LogP) is 3.87. The highest BCUT2D eigenvalue weighted by Gasteiger charge is 2.15. The Bertz CT molecular complexity index is 754. The number of benzene rings is 1. The summed E-state index contributed by atoms with van der Waals surface area (Å²) in [6.45, 7) is 0.606. The second kappa shape index (κ2) is 7.83. The minimum atomic E-state index is -0.158. The van der Waals surface area contributed by atoms with Crippen LogP contribution in [-0.2, 0) is 13.6 Å². The summed E-state index contributed by atoms with van der Waals surface area (Å²) in [5.41, 5.74) is 1.64. The fourth-order valence-corrected chi connectivity index (χ4v) is 3.43. The number of halogens is 1. The van der Waals surface area contributed by atoms with Crippen molar-refractivity contribution in [1.29, 1.82) is 0 Å². The third-order valence-corrected chi connectivity index (χ3v) is 5.08. The van der Waals surface area contributed by atoms with Crippen LogP contribution in [0.5, 0.6) is 5.75 Å². The second-order valence-electron chi connectivity index (χ2n) is 6.18. The van der Waals surface area contributed by atoms with E-state index in [1.54, 1.807) is 13.2 Å². The van der Waals surface area contributed by atoms with Gasteiger partial charge >= 0.3 is 0 Å². The van der Waals surface area contributed by atoms with Crippen molar-refractivity contribution in [1.82, 2.24) is 9.78 Å². The Hall–Kier alpha value is -1.82. The maximum atomic E-state index is 11.9. The average molecular weight is 392 g/mol. The van der Waals surface area contributed by atoms with E-state index in [0.29, 0.717) is 22.8 Å². The quantitative estimate of drug-likeness (QED) is 0.840. The summed E-state index contributed by atoms with van der Waals surface area (Å²) >= 11 is 3.32. The standard InChI is InChI=1S/C18H22BrN3O2/c1-22-18(23)17(19)16(12-21-22)20-11-13-6-5-9-15(10-13)24-14-7-3-2-4-8-14/h5-6,9-10,12,14,20H,2-4,7-8,11H2,1H3. The van der Waals surface area contributed by atoms with Crippen LogP contribution >= 0.6 is 15.9 Å². The van der Waals surface area contributed by atoms with Crippen molar-refractivity contribution in [2.24, 2.45) is 7.05 Å². The molecule has 1 fully saturated rings. The molecule has 128 valence electrons. The number of nitrogens with zero attached hydrogens (tertiary/aromatic N) is 2. The van der Waals surface area contributed by atoms with E-state index in [-0.39, 0.29) is 5.56 Å². The Morgan fingerprint density at radius 2 is 2.12 bits per heavy atom. The minimum absolute atomic E-state index is 0.158. The first-order valence-electron chi connectivity index (χ1n) is 8.35. The SMILES string of the molecule is Cn1ncc(NCc2cccc(OC3CCCCC3)c2)c(Br)c1=O. The zero-order chi connectivity index (χ0) is 16.9. The van der Waals surface area contributed by atoms with Gasteiger partial charge in [0.1, 0.15) is 10.2 Å². The van der Waals surface area contributed by atoms with E-state index >= 15 is 0 Å². The van der Waals surface area contributed by atoms with Gasteiger partial charge in [-0.25, -0.2) is 4.68 Å². The molecule has 0 bridgehead atoms. The van der Waals surface area contributed by atoms with Gasteiger partial charge in [-0.05, 0) is 59.3 Å². The van der Waals surface area contributed by atoms with E-state index in [2.05, 4.69) is 32.4 Å². The van der Waals surface area contributed by atoms with E-state index in [9.17, 15) is 4.79 Å². The highest BCUT2D eigenvalue weighted by molar-refractivity contribution is 9.10. The van der Waals surface area contributed by atoms with Gasteiger partial charge in [-0.3, -0.25) is 4.79 Å². The number of rotatable bonds is 5. The summed E-state index contributed by atoms with van der Waals surface area (Å²) in [5, 5.41) is 7.28. The van der Waals surface area contributed by atoms with Crippen molar-refractivity contribution < 1.29 is 4.74 Å². The van der Waals surface area contributed by atoms with E-state index in [0.717, 1.165) is 24.2 Å². The molecule has 3 rings (SSSR count). The second-order valence-corrected chi connectivity index (χ2v) is 6.97. The Balaban J connectivity index is 1.64. The zero-order valence-electron chi connectivity index (χ0n) is 13.8. The summed E-state index contributed by atoms with van der Waals surface area (Å²) in [5.74, 6) is 0.919. The number of hydrogen-bond donors (Lipinski definition) is 1. The van der Waals surface area contributed by atoms with Gasteiger partial charge in [-0.2, -0.15) is 5.10 Å². The molecule has 0 amide bonds. The van der Waals surface area contributed by atoms with E-state index < -0.39 is 0 Å². The molecule has 1 aliphatic rings. The van der Waals surface area contributed by atoms with Gasteiger partial charge in [0.15, 0.2) is 0 Å². The molecule has 1 N–H and O–H groups in total. The molecular formula is C18H22BrN3O2. The van der Waals surface area contributed by atoms with Gasteiger partial charge in [0.25, 0.3) is 5.56 Å². The van der Waals surface area contributed by atoms with Gasteiger partial charge in [0, 0.05) is 13.6 Å². The molecule has 0 atom stereocenters. The van der Waals surface area contributed by atoms with Crippen molar-refractivity contribution in [2.75, 3.05) is 5.32 Å². The number of nitrogens with one attached hydrogen (secondary N) is 1. The monoisotopic (exact) mass is 391 g/mol. The molecular weight excluding hydrogens is 370 g/mol. The largest absolute Gasteiger partial charge is 0.490 e. The first-order valence-corrected chi connectivity index (χ1v) is 9.14. The maximum Gasteiger partial charge on any atom is 0.282 e. The smallest absolute Gasteiger partial charge is 0.282 e. The number of aryl methyl sites for hydroxylation is 1. The molecule has 24 heavy (non-hydrogen) atoms. The van der Waals surface area contributed by atoms with Gasteiger partial charge in [-0.15, -0.1) is 0 Å². The average Bonchev–Trinajstić information content (AvgIpc) is 2.60. The number of hydrogen-bond acceptors (Lipinski definition) is 4. The molecule has 0 spiro atoms. The van der Waals surface area contributed by atoms with Crippen LogP contribution in [0.3, 0.4) is 0 Å². The minimum Gasteiger partial charge on any atom is -0.490 e. The topological polar surface area (TPSA) is 56.1 Å². The van der Waals surface area contributed by atoms with Crippen molar-refractivity contribution in [3.63, 3.8) is 0 Å². The highest BCUT2D eigenvalue weighted by atomic mass is 79.9. The normalized spacial score (nSPS) is 15.2. The lowest BCUT2D eigenvalue weighted by molar-refractivity contribution is 0.155. The molecule has 6 heteroatoms. The molecule has 1 aromatic carbocycles. The first-order chi connectivity index (χ1) is 11.6. The Kier molecular flexibility index (Phi) is 5.56. The fraction of sp³-hybridized carbons (Fsp3) is 0.444. The number of anilines is 1. The van der Waals surface area contributed by atoms with Crippen molar-refractivity contribution in [3.05, 3.63) is 50.9 Å². The Labute approximate surface area is 150 Å². The van der Waals surface area contributed by atoms with Crippen LogP contribution in [0.2, 0.25) is 0 Å².